The van der Waals surface area contributed by atoms with Gasteiger partial charge in [-0.15, -0.1) is 0 Å². The van der Waals surface area contributed by atoms with E-state index in [4.69, 9.17) is 0 Å². The molecule has 1 N–H and O–H groups in total. The highest BCUT2D eigenvalue weighted by Gasteiger charge is 2.08. The average molecular weight is 217 g/mol. The van der Waals surface area contributed by atoms with Crippen molar-refractivity contribution in [2.45, 2.75) is 13.8 Å². The van der Waals surface area contributed by atoms with Crippen LogP contribution in [0.1, 0.15) is 12.6 Å². The quantitative estimate of drug-likeness (QED) is 0.848. The lowest BCUT2D eigenvalue weighted by atomic mass is 10.4. The first-order valence-corrected chi connectivity index (χ1v) is 5.28. The van der Waals surface area contributed by atoms with Crippen molar-refractivity contribution in [3.05, 3.63) is 24.2 Å². The number of imidazole rings is 1. The Morgan fingerprint density at radius 2 is 2.19 bits per heavy atom. The molecule has 0 unspecified atom stereocenters. The van der Waals surface area contributed by atoms with Crippen molar-refractivity contribution in [3.63, 3.8) is 0 Å². The molecule has 0 atom stereocenters. The van der Waals surface area contributed by atoms with Crippen LogP contribution in [0.4, 0.5) is 5.82 Å². The monoisotopic (exact) mass is 217 g/mol. The molecule has 0 saturated carbocycles. The lowest BCUT2D eigenvalue weighted by Gasteiger charge is -2.06. The number of anilines is 1. The molecule has 0 aliphatic heterocycles. The van der Waals surface area contributed by atoms with Gasteiger partial charge in [0.15, 0.2) is 11.6 Å². The number of nitrogens with zero attached hydrogens (tertiary/aromatic N) is 4. The molecule has 0 aliphatic rings. The molecule has 2 aromatic rings. The Morgan fingerprint density at radius 3 is 2.81 bits per heavy atom. The van der Waals surface area contributed by atoms with E-state index in [1.165, 1.54) is 0 Å². The number of aromatic nitrogens is 4. The Bertz CT molecular complexity index is 489. The highest BCUT2D eigenvalue weighted by Crippen LogP contribution is 2.15. The molecular formula is C11H15N5. The number of rotatable bonds is 3. The lowest BCUT2D eigenvalue weighted by molar-refractivity contribution is 0.902. The van der Waals surface area contributed by atoms with Crippen LogP contribution in [-0.4, -0.2) is 26.1 Å². The van der Waals surface area contributed by atoms with Crippen molar-refractivity contribution in [1.29, 1.82) is 0 Å². The second-order valence-corrected chi connectivity index (χ2v) is 3.61. The summed E-state index contributed by atoms with van der Waals surface area (Å²) in [7, 11) is 1.93. The van der Waals surface area contributed by atoms with Crippen molar-refractivity contribution in [1.82, 2.24) is 19.5 Å². The molecule has 0 radical (unpaired) electrons. The van der Waals surface area contributed by atoms with Crippen LogP contribution in [0.5, 0.6) is 0 Å². The van der Waals surface area contributed by atoms with E-state index < -0.39 is 0 Å². The fraction of sp³-hybridized carbons (Fsp3) is 0.364. The summed E-state index contributed by atoms with van der Waals surface area (Å²) in [4.78, 5) is 13.0. The van der Waals surface area contributed by atoms with Gasteiger partial charge in [-0.05, 0) is 13.8 Å². The van der Waals surface area contributed by atoms with Crippen LogP contribution in [0, 0.1) is 6.92 Å². The third kappa shape index (κ3) is 2.03. The molecule has 0 fully saturated rings. The number of aryl methyl sites for hydroxylation is 2. The van der Waals surface area contributed by atoms with Gasteiger partial charge >= 0.3 is 0 Å². The summed E-state index contributed by atoms with van der Waals surface area (Å²) in [6, 6.07) is 1.93. The third-order valence-electron chi connectivity index (χ3n) is 2.23. The average Bonchev–Trinajstić information content (AvgIpc) is 2.64. The smallest absolute Gasteiger partial charge is 0.198 e. The Labute approximate surface area is 94.6 Å². The molecular weight excluding hydrogens is 202 g/mol. The minimum absolute atomic E-state index is 0.656. The van der Waals surface area contributed by atoms with Crippen LogP contribution in [-0.2, 0) is 7.05 Å². The normalized spacial score (nSPS) is 10.4. The summed E-state index contributed by atoms with van der Waals surface area (Å²) in [5.74, 6) is 2.28. The maximum Gasteiger partial charge on any atom is 0.198 e. The molecule has 5 nitrogen and oxygen atoms in total. The van der Waals surface area contributed by atoms with Gasteiger partial charge in [-0.25, -0.2) is 15.0 Å². The first-order valence-electron chi connectivity index (χ1n) is 5.28. The van der Waals surface area contributed by atoms with E-state index in [0.29, 0.717) is 5.82 Å². The predicted molar refractivity (Wildman–Crippen MR) is 63.1 cm³/mol. The largest absolute Gasteiger partial charge is 0.370 e. The van der Waals surface area contributed by atoms with Gasteiger partial charge in [-0.3, -0.25) is 0 Å². The molecule has 84 valence electrons. The molecule has 0 saturated heterocycles. The zero-order valence-electron chi connectivity index (χ0n) is 9.73. The standard InChI is InChI=1S/C11H15N5/c1-4-12-9-7-8(2)14-10(15-9)11-13-5-6-16(11)3/h5-7H,4H2,1-3H3,(H,12,14,15). The summed E-state index contributed by atoms with van der Waals surface area (Å²) in [6.07, 6.45) is 3.63. The maximum absolute atomic E-state index is 4.42. The van der Waals surface area contributed by atoms with Gasteiger partial charge in [0.2, 0.25) is 0 Å². The van der Waals surface area contributed by atoms with E-state index in [-0.39, 0.29) is 0 Å². The van der Waals surface area contributed by atoms with Crippen LogP contribution < -0.4 is 5.32 Å². The van der Waals surface area contributed by atoms with Gasteiger partial charge in [0, 0.05) is 37.7 Å². The summed E-state index contributed by atoms with van der Waals surface area (Å²) < 4.78 is 1.91. The highest BCUT2D eigenvalue weighted by molar-refractivity contribution is 5.49. The Balaban J connectivity index is 2.45. The zero-order valence-corrected chi connectivity index (χ0v) is 9.73. The van der Waals surface area contributed by atoms with Crippen LogP contribution in [0.25, 0.3) is 11.6 Å². The molecule has 16 heavy (non-hydrogen) atoms. The Hall–Kier alpha value is -1.91. The fourth-order valence-corrected chi connectivity index (χ4v) is 1.52. The molecule has 0 amide bonds. The van der Waals surface area contributed by atoms with Gasteiger partial charge in [-0.1, -0.05) is 0 Å². The molecule has 0 aromatic carbocycles. The fourth-order valence-electron chi connectivity index (χ4n) is 1.52. The summed E-state index contributed by atoms with van der Waals surface area (Å²) in [5.41, 5.74) is 0.934. The third-order valence-corrected chi connectivity index (χ3v) is 2.23. The molecule has 2 heterocycles. The Kier molecular flexibility index (Phi) is 2.85. The summed E-state index contributed by atoms with van der Waals surface area (Å²) in [5, 5.41) is 3.18. The van der Waals surface area contributed by atoms with E-state index in [2.05, 4.69) is 20.3 Å². The minimum atomic E-state index is 0.656. The zero-order chi connectivity index (χ0) is 11.5. The number of nitrogens with one attached hydrogen (secondary N) is 1. The molecule has 0 spiro atoms. The van der Waals surface area contributed by atoms with Gasteiger partial charge in [0.25, 0.3) is 0 Å². The van der Waals surface area contributed by atoms with Gasteiger partial charge < -0.3 is 9.88 Å². The first kappa shape index (κ1) is 10.6. The van der Waals surface area contributed by atoms with E-state index in [9.17, 15) is 0 Å². The molecule has 2 aromatic heterocycles. The van der Waals surface area contributed by atoms with Crippen molar-refractivity contribution >= 4 is 5.82 Å². The first-order chi connectivity index (χ1) is 7.70. The van der Waals surface area contributed by atoms with Crippen LogP contribution in [0.15, 0.2) is 18.5 Å². The van der Waals surface area contributed by atoms with Crippen molar-refractivity contribution < 1.29 is 0 Å². The SMILES string of the molecule is CCNc1cc(C)nc(-c2nccn2C)n1. The minimum Gasteiger partial charge on any atom is -0.370 e. The Morgan fingerprint density at radius 1 is 1.38 bits per heavy atom. The maximum atomic E-state index is 4.42. The molecule has 2 rings (SSSR count). The van der Waals surface area contributed by atoms with E-state index in [1.807, 2.05) is 37.7 Å². The van der Waals surface area contributed by atoms with Gasteiger partial charge in [-0.2, -0.15) is 0 Å². The molecule has 0 aliphatic carbocycles. The highest BCUT2D eigenvalue weighted by atomic mass is 15.1. The molecule has 5 heteroatoms. The van der Waals surface area contributed by atoms with Crippen LogP contribution in [0.2, 0.25) is 0 Å². The second kappa shape index (κ2) is 4.30. The summed E-state index contributed by atoms with van der Waals surface area (Å²) in [6.45, 7) is 4.84. The predicted octanol–water partition coefficient (Wildman–Crippen LogP) is 1.62. The van der Waals surface area contributed by atoms with Gasteiger partial charge in [0.1, 0.15) is 5.82 Å². The van der Waals surface area contributed by atoms with Crippen LogP contribution in [0.3, 0.4) is 0 Å². The van der Waals surface area contributed by atoms with Crippen molar-refractivity contribution in [2.24, 2.45) is 7.05 Å². The van der Waals surface area contributed by atoms with Crippen molar-refractivity contribution in [3.8, 4) is 11.6 Å². The molecule has 0 bridgehead atoms. The van der Waals surface area contributed by atoms with Crippen molar-refractivity contribution in [2.75, 3.05) is 11.9 Å². The number of hydrogen-bond acceptors (Lipinski definition) is 4. The summed E-state index contributed by atoms with van der Waals surface area (Å²) >= 11 is 0. The second-order valence-electron chi connectivity index (χ2n) is 3.61. The number of hydrogen-bond donors (Lipinski definition) is 1. The van der Waals surface area contributed by atoms with E-state index in [1.54, 1.807) is 6.20 Å². The van der Waals surface area contributed by atoms with Gasteiger partial charge in [0.05, 0.1) is 0 Å². The topological polar surface area (TPSA) is 55.6 Å². The van der Waals surface area contributed by atoms with E-state index >= 15 is 0 Å². The van der Waals surface area contributed by atoms with E-state index in [0.717, 1.165) is 23.9 Å². The van der Waals surface area contributed by atoms with Crippen LogP contribution >= 0.6 is 0 Å². The lowest BCUT2D eigenvalue weighted by Crippen LogP contribution is -2.04.